The summed E-state index contributed by atoms with van der Waals surface area (Å²) >= 11 is 7.47. The molecule has 1 aliphatic heterocycles. The van der Waals surface area contributed by atoms with E-state index >= 15 is 0 Å². The average Bonchev–Trinajstić information content (AvgIpc) is 2.65. The van der Waals surface area contributed by atoms with E-state index in [1.54, 1.807) is 11.3 Å². The first kappa shape index (κ1) is 10.1. The summed E-state index contributed by atoms with van der Waals surface area (Å²) in [5.74, 6) is 0.568. The van der Waals surface area contributed by atoms with Crippen molar-refractivity contribution in [2.24, 2.45) is 0 Å². The SMILES string of the molecule is Cc1nnc(N2CCOCC2CCl)s1. The molecule has 1 atom stereocenters. The lowest BCUT2D eigenvalue weighted by molar-refractivity contribution is 0.0997. The monoisotopic (exact) mass is 233 g/mol. The second-order valence-electron chi connectivity index (χ2n) is 3.18. The molecule has 0 amide bonds. The predicted octanol–water partition coefficient (Wildman–Crippen LogP) is 1.29. The van der Waals surface area contributed by atoms with Crippen LogP contribution < -0.4 is 4.90 Å². The van der Waals surface area contributed by atoms with Gasteiger partial charge in [-0.3, -0.25) is 0 Å². The van der Waals surface area contributed by atoms with Crippen LogP contribution in [-0.2, 0) is 4.74 Å². The van der Waals surface area contributed by atoms with Crippen molar-refractivity contribution in [2.75, 3.05) is 30.5 Å². The molecule has 0 bridgehead atoms. The molecule has 0 aromatic carbocycles. The molecule has 0 N–H and O–H groups in total. The average molecular weight is 234 g/mol. The minimum atomic E-state index is 0.234. The quantitative estimate of drug-likeness (QED) is 0.722. The van der Waals surface area contributed by atoms with E-state index in [4.69, 9.17) is 16.3 Å². The summed E-state index contributed by atoms with van der Waals surface area (Å²) in [6.45, 7) is 4.23. The van der Waals surface area contributed by atoms with Crippen molar-refractivity contribution in [1.82, 2.24) is 10.2 Å². The van der Waals surface area contributed by atoms with Crippen LogP contribution in [0.5, 0.6) is 0 Å². The van der Waals surface area contributed by atoms with Gasteiger partial charge in [0.1, 0.15) is 5.01 Å². The Bertz CT molecular complexity index is 307. The van der Waals surface area contributed by atoms with Gasteiger partial charge in [-0.2, -0.15) is 0 Å². The molecule has 78 valence electrons. The van der Waals surface area contributed by atoms with Gasteiger partial charge in [0, 0.05) is 12.4 Å². The zero-order valence-corrected chi connectivity index (χ0v) is 9.51. The Balaban J connectivity index is 2.14. The highest BCUT2D eigenvalue weighted by molar-refractivity contribution is 7.15. The van der Waals surface area contributed by atoms with E-state index in [9.17, 15) is 0 Å². The van der Waals surface area contributed by atoms with Crippen molar-refractivity contribution in [3.63, 3.8) is 0 Å². The topological polar surface area (TPSA) is 38.2 Å². The highest BCUT2D eigenvalue weighted by Gasteiger charge is 2.24. The molecule has 0 saturated carbocycles. The van der Waals surface area contributed by atoms with E-state index in [-0.39, 0.29) is 6.04 Å². The Morgan fingerprint density at radius 1 is 1.64 bits per heavy atom. The summed E-state index contributed by atoms with van der Waals surface area (Å²) in [5, 5.41) is 10.1. The maximum Gasteiger partial charge on any atom is 0.208 e. The van der Waals surface area contributed by atoms with Crippen LogP contribution in [0, 0.1) is 6.92 Å². The van der Waals surface area contributed by atoms with E-state index in [2.05, 4.69) is 15.1 Å². The molecule has 6 heteroatoms. The van der Waals surface area contributed by atoms with Gasteiger partial charge < -0.3 is 9.64 Å². The van der Waals surface area contributed by atoms with Gasteiger partial charge in [0.2, 0.25) is 5.13 Å². The fraction of sp³-hybridized carbons (Fsp3) is 0.750. The molecule has 14 heavy (non-hydrogen) atoms. The number of anilines is 1. The molecule has 0 radical (unpaired) electrons. The largest absolute Gasteiger partial charge is 0.377 e. The van der Waals surface area contributed by atoms with E-state index < -0.39 is 0 Å². The van der Waals surface area contributed by atoms with Crippen molar-refractivity contribution >= 4 is 28.1 Å². The Hall–Kier alpha value is -0.390. The Labute approximate surface area is 91.8 Å². The van der Waals surface area contributed by atoms with Gasteiger partial charge in [0.05, 0.1) is 19.3 Å². The molecule has 0 spiro atoms. The lowest BCUT2D eigenvalue weighted by Crippen LogP contribution is -2.46. The summed E-state index contributed by atoms with van der Waals surface area (Å²) in [4.78, 5) is 2.18. The molecule has 1 aromatic heterocycles. The molecule has 0 aliphatic carbocycles. The zero-order valence-electron chi connectivity index (χ0n) is 7.94. The highest BCUT2D eigenvalue weighted by Crippen LogP contribution is 2.23. The van der Waals surface area contributed by atoms with Gasteiger partial charge in [0.15, 0.2) is 0 Å². The van der Waals surface area contributed by atoms with Crippen molar-refractivity contribution in [1.29, 1.82) is 0 Å². The maximum absolute atomic E-state index is 5.87. The summed E-state index contributed by atoms with van der Waals surface area (Å²) < 4.78 is 5.36. The second-order valence-corrected chi connectivity index (χ2v) is 4.65. The number of ether oxygens (including phenoxy) is 1. The minimum Gasteiger partial charge on any atom is -0.377 e. The third-order valence-electron chi connectivity index (χ3n) is 2.17. The van der Waals surface area contributed by atoms with Crippen LogP contribution in [0.1, 0.15) is 5.01 Å². The van der Waals surface area contributed by atoms with Gasteiger partial charge in [-0.15, -0.1) is 21.8 Å². The number of hydrogen-bond acceptors (Lipinski definition) is 5. The molecule has 1 aromatic rings. The number of morpholine rings is 1. The fourth-order valence-electron chi connectivity index (χ4n) is 1.44. The molecular weight excluding hydrogens is 222 g/mol. The Kier molecular flexibility index (Phi) is 3.20. The molecule has 1 aliphatic rings. The van der Waals surface area contributed by atoms with Crippen molar-refractivity contribution in [3.8, 4) is 0 Å². The maximum atomic E-state index is 5.87. The van der Waals surface area contributed by atoms with Crippen LogP contribution in [0.25, 0.3) is 0 Å². The molecule has 2 rings (SSSR count). The number of alkyl halides is 1. The lowest BCUT2D eigenvalue weighted by Gasteiger charge is -2.33. The van der Waals surface area contributed by atoms with Crippen LogP contribution in [0.3, 0.4) is 0 Å². The van der Waals surface area contributed by atoms with Gasteiger partial charge in [-0.25, -0.2) is 0 Å². The number of nitrogens with zero attached hydrogens (tertiary/aromatic N) is 3. The minimum absolute atomic E-state index is 0.234. The number of aromatic nitrogens is 2. The van der Waals surface area contributed by atoms with Crippen LogP contribution in [-0.4, -0.2) is 41.9 Å². The van der Waals surface area contributed by atoms with Crippen molar-refractivity contribution < 1.29 is 4.74 Å². The van der Waals surface area contributed by atoms with Crippen molar-refractivity contribution in [3.05, 3.63) is 5.01 Å². The van der Waals surface area contributed by atoms with Gasteiger partial charge >= 0.3 is 0 Å². The zero-order chi connectivity index (χ0) is 9.97. The van der Waals surface area contributed by atoms with Gasteiger partial charge in [-0.1, -0.05) is 11.3 Å². The third kappa shape index (κ3) is 1.99. The Morgan fingerprint density at radius 3 is 3.14 bits per heavy atom. The Morgan fingerprint density at radius 2 is 2.50 bits per heavy atom. The van der Waals surface area contributed by atoms with E-state index in [1.807, 2.05) is 6.92 Å². The smallest absolute Gasteiger partial charge is 0.208 e. The van der Waals surface area contributed by atoms with E-state index in [0.29, 0.717) is 12.5 Å². The summed E-state index contributed by atoms with van der Waals surface area (Å²) in [6.07, 6.45) is 0. The van der Waals surface area contributed by atoms with Gasteiger partial charge in [0.25, 0.3) is 0 Å². The van der Waals surface area contributed by atoms with Crippen LogP contribution in [0.15, 0.2) is 0 Å². The van der Waals surface area contributed by atoms with Gasteiger partial charge in [-0.05, 0) is 6.92 Å². The number of aryl methyl sites for hydroxylation is 1. The molecular formula is C8H12ClN3OS. The van der Waals surface area contributed by atoms with Crippen LogP contribution in [0.4, 0.5) is 5.13 Å². The van der Waals surface area contributed by atoms with E-state index in [0.717, 1.165) is 23.3 Å². The molecule has 1 saturated heterocycles. The van der Waals surface area contributed by atoms with E-state index in [1.165, 1.54) is 0 Å². The summed E-state index contributed by atoms with van der Waals surface area (Å²) in [5.41, 5.74) is 0. The highest BCUT2D eigenvalue weighted by atomic mass is 35.5. The molecule has 2 heterocycles. The predicted molar refractivity (Wildman–Crippen MR) is 57.3 cm³/mol. The molecule has 4 nitrogen and oxygen atoms in total. The summed E-state index contributed by atoms with van der Waals surface area (Å²) in [7, 11) is 0. The number of halogens is 1. The lowest BCUT2D eigenvalue weighted by atomic mass is 10.3. The number of rotatable bonds is 2. The second kappa shape index (κ2) is 4.42. The van der Waals surface area contributed by atoms with Crippen LogP contribution in [0.2, 0.25) is 0 Å². The number of hydrogen-bond donors (Lipinski definition) is 0. The first-order valence-corrected chi connectivity index (χ1v) is 5.87. The van der Waals surface area contributed by atoms with Crippen molar-refractivity contribution in [2.45, 2.75) is 13.0 Å². The normalized spacial score (nSPS) is 22.7. The summed E-state index contributed by atoms with van der Waals surface area (Å²) in [6, 6.07) is 0.234. The fourth-order valence-corrected chi connectivity index (χ4v) is 2.48. The first-order chi connectivity index (χ1) is 6.81. The van der Waals surface area contributed by atoms with Crippen LogP contribution >= 0.6 is 22.9 Å². The standard InChI is InChI=1S/C8H12ClN3OS/c1-6-10-11-8(14-6)12-2-3-13-5-7(12)4-9/h7H,2-5H2,1H3. The first-order valence-electron chi connectivity index (χ1n) is 4.51. The third-order valence-corrected chi connectivity index (χ3v) is 3.40. The molecule has 1 fully saturated rings. The molecule has 1 unspecified atom stereocenters.